The molecule has 0 heterocycles. The summed E-state index contributed by atoms with van der Waals surface area (Å²) < 4.78 is 0. The largest absolute Gasteiger partial charge is 0.480 e. The number of non-ortho nitro benzene ring substituents is 1. The lowest BCUT2D eigenvalue weighted by Crippen LogP contribution is -2.46. The molecule has 1 aliphatic carbocycles. The van der Waals surface area contributed by atoms with Gasteiger partial charge in [0.2, 0.25) is 5.91 Å². The third-order valence-electron chi connectivity index (χ3n) is 4.16. The number of carboxylic acid groups (broad SMARTS) is 1. The van der Waals surface area contributed by atoms with Gasteiger partial charge in [-0.25, -0.2) is 0 Å². The first kappa shape index (κ1) is 19.1. The molecule has 1 atom stereocenters. The van der Waals surface area contributed by atoms with E-state index in [1.807, 2.05) is 0 Å². The van der Waals surface area contributed by atoms with Crippen molar-refractivity contribution in [3.63, 3.8) is 0 Å². The van der Waals surface area contributed by atoms with Crippen molar-refractivity contribution in [1.29, 1.82) is 0 Å². The molecule has 1 amide bonds. The number of nitrogens with zero attached hydrogens (tertiary/aromatic N) is 1. The van der Waals surface area contributed by atoms with E-state index in [4.69, 9.17) is 11.6 Å². The van der Waals surface area contributed by atoms with Crippen molar-refractivity contribution in [3.8, 4) is 0 Å². The molecule has 1 unspecified atom stereocenters. The SMILES string of the molecule is O=C(CC(NC1CCCCC1)C(=O)O)Nc1cc([N+](=O)[O-])ccc1Cl. The van der Waals surface area contributed by atoms with Crippen LogP contribution >= 0.6 is 11.6 Å². The lowest BCUT2D eigenvalue weighted by atomic mass is 9.94. The number of nitro benzene ring substituents is 1. The molecule has 3 N–H and O–H groups in total. The predicted molar refractivity (Wildman–Crippen MR) is 92.8 cm³/mol. The summed E-state index contributed by atoms with van der Waals surface area (Å²) in [5.41, 5.74) is -0.127. The van der Waals surface area contributed by atoms with Gasteiger partial charge in [0.1, 0.15) is 6.04 Å². The van der Waals surface area contributed by atoms with Gasteiger partial charge in [-0.1, -0.05) is 30.9 Å². The molecule has 9 heteroatoms. The molecule has 136 valence electrons. The highest BCUT2D eigenvalue weighted by Gasteiger charge is 2.25. The summed E-state index contributed by atoms with van der Waals surface area (Å²) in [5.74, 6) is -1.68. The van der Waals surface area contributed by atoms with Crippen LogP contribution in [-0.2, 0) is 9.59 Å². The maximum atomic E-state index is 12.2. The Kier molecular flexibility index (Phi) is 6.72. The van der Waals surface area contributed by atoms with Crippen LogP contribution in [0.15, 0.2) is 18.2 Å². The fourth-order valence-electron chi connectivity index (χ4n) is 2.88. The molecule has 1 saturated carbocycles. The molecule has 8 nitrogen and oxygen atoms in total. The molecular formula is C16H20ClN3O5. The van der Waals surface area contributed by atoms with E-state index in [-0.39, 0.29) is 28.9 Å². The number of anilines is 1. The van der Waals surface area contributed by atoms with Crippen molar-refractivity contribution in [2.45, 2.75) is 50.6 Å². The highest BCUT2D eigenvalue weighted by molar-refractivity contribution is 6.33. The van der Waals surface area contributed by atoms with Gasteiger partial charge < -0.3 is 15.7 Å². The number of hydrogen-bond acceptors (Lipinski definition) is 5. The number of hydrogen-bond donors (Lipinski definition) is 3. The minimum atomic E-state index is -1.11. The first-order valence-corrected chi connectivity index (χ1v) is 8.47. The molecule has 0 radical (unpaired) electrons. The van der Waals surface area contributed by atoms with Crippen molar-refractivity contribution >= 4 is 34.9 Å². The quantitative estimate of drug-likeness (QED) is 0.501. The highest BCUT2D eigenvalue weighted by atomic mass is 35.5. The van der Waals surface area contributed by atoms with Gasteiger partial charge in [-0.2, -0.15) is 0 Å². The van der Waals surface area contributed by atoms with Crippen LogP contribution in [0.4, 0.5) is 11.4 Å². The molecule has 0 spiro atoms. The average molecular weight is 370 g/mol. The molecule has 0 aliphatic heterocycles. The van der Waals surface area contributed by atoms with Gasteiger partial charge >= 0.3 is 5.97 Å². The Labute approximate surface area is 149 Å². The lowest BCUT2D eigenvalue weighted by molar-refractivity contribution is -0.384. The van der Waals surface area contributed by atoms with Crippen molar-refractivity contribution in [2.24, 2.45) is 0 Å². The number of nitro groups is 1. The fourth-order valence-corrected chi connectivity index (χ4v) is 3.05. The van der Waals surface area contributed by atoms with Crippen LogP contribution < -0.4 is 10.6 Å². The molecule has 2 rings (SSSR count). The van der Waals surface area contributed by atoms with Gasteiger partial charge in [0.25, 0.3) is 5.69 Å². The normalized spacial score (nSPS) is 16.2. The number of carbonyl (C=O) groups is 2. The molecule has 0 saturated heterocycles. The van der Waals surface area contributed by atoms with E-state index < -0.39 is 22.8 Å². The molecule has 0 aromatic heterocycles. The Balaban J connectivity index is 2.00. The Bertz CT molecular complexity index is 661. The van der Waals surface area contributed by atoms with Crippen LogP contribution in [0.25, 0.3) is 0 Å². The summed E-state index contributed by atoms with van der Waals surface area (Å²) in [6.07, 6.45) is 4.72. The van der Waals surface area contributed by atoms with Crippen LogP contribution in [0, 0.1) is 10.1 Å². The maximum Gasteiger partial charge on any atom is 0.321 e. The fraction of sp³-hybridized carbons (Fsp3) is 0.500. The first-order valence-electron chi connectivity index (χ1n) is 8.09. The van der Waals surface area contributed by atoms with Gasteiger partial charge in [0.05, 0.1) is 22.1 Å². The summed E-state index contributed by atoms with van der Waals surface area (Å²) in [6.45, 7) is 0. The van der Waals surface area contributed by atoms with E-state index in [9.17, 15) is 24.8 Å². The van der Waals surface area contributed by atoms with Gasteiger partial charge in [-0.05, 0) is 18.9 Å². The predicted octanol–water partition coefficient (Wildman–Crippen LogP) is 2.95. The topological polar surface area (TPSA) is 122 Å². The van der Waals surface area contributed by atoms with Gasteiger partial charge in [-0.15, -0.1) is 0 Å². The van der Waals surface area contributed by atoms with Gasteiger partial charge in [0.15, 0.2) is 0 Å². The minimum absolute atomic E-state index is 0.0858. The standard InChI is InChI=1S/C16H20ClN3O5/c17-12-7-6-11(20(24)25)8-13(12)19-15(21)9-14(16(22)23)18-10-4-2-1-3-5-10/h6-8,10,14,18H,1-5,9H2,(H,19,21)(H,22,23). The second-order valence-corrected chi connectivity index (χ2v) is 6.47. The van der Waals surface area contributed by atoms with E-state index >= 15 is 0 Å². The average Bonchev–Trinajstić information content (AvgIpc) is 2.57. The number of carbonyl (C=O) groups excluding carboxylic acids is 1. The number of halogens is 1. The Hall–Kier alpha value is -2.19. The summed E-state index contributed by atoms with van der Waals surface area (Å²) in [5, 5.41) is 25.7. The van der Waals surface area contributed by atoms with Gasteiger partial charge in [0, 0.05) is 18.2 Å². The number of rotatable bonds is 7. The number of amides is 1. The zero-order valence-corrected chi connectivity index (χ0v) is 14.3. The van der Waals surface area contributed by atoms with E-state index in [0.29, 0.717) is 0 Å². The number of aliphatic carboxylic acids is 1. The van der Waals surface area contributed by atoms with Crippen LogP contribution in [0.3, 0.4) is 0 Å². The molecular weight excluding hydrogens is 350 g/mol. The zero-order valence-electron chi connectivity index (χ0n) is 13.5. The van der Waals surface area contributed by atoms with Crippen molar-refractivity contribution in [3.05, 3.63) is 33.3 Å². The third kappa shape index (κ3) is 5.68. The summed E-state index contributed by atoms with van der Waals surface area (Å²) in [7, 11) is 0. The molecule has 25 heavy (non-hydrogen) atoms. The monoisotopic (exact) mass is 369 g/mol. The summed E-state index contributed by atoms with van der Waals surface area (Å²) in [4.78, 5) is 33.8. The maximum absolute atomic E-state index is 12.2. The smallest absolute Gasteiger partial charge is 0.321 e. The minimum Gasteiger partial charge on any atom is -0.480 e. The zero-order chi connectivity index (χ0) is 18.4. The van der Waals surface area contributed by atoms with E-state index in [1.54, 1.807) is 0 Å². The van der Waals surface area contributed by atoms with Crippen LogP contribution in [-0.4, -0.2) is 34.0 Å². The Morgan fingerprint density at radius 2 is 2.00 bits per heavy atom. The van der Waals surface area contributed by atoms with Gasteiger partial charge in [-0.3, -0.25) is 19.7 Å². The molecule has 1 aromatic carbocycles. The van der Waals surface area contributed by atoms with Crippen molar-refractivity contribution in [1.82, 2.24) is 5.32 Å². The van der Waals surface area contributed by atoms with Crippen molar-refractivity contribution < 1.29 is 19.6 Å². The van der Waals surface area contributed by atoms with E-state index in [0.717, 1.165) is 38.2 Å². The number of nitrogens with one attached hydrogen (secondary N) is 2. The Morgan fingerprint density at radius 3 is 2.60 bits per heavy atom. The van der Waals surface area contributed by atoms with E-state index in [1.165, 1.54) is 12.1 Å². The lowest BCUT2D eigenvalue weighted by Gasteiger charge is -2.26. The van der Waals surface area contributed by atoms with Crippen LogP contribution in [0.5, 0.6) is 0 Å². The summed E-state index contributed by atoms with van der Waals surface area (Å²) >= 11 is 5.93. The number of benzene rings is 1. The second-order valence-electron chi connectivity index (χ2n) is 6.07. The summed E-state index contributed by atoms with van der Waals surface area (Å²) in [6, 6.07) is 2.75. The van der Waals surface area contributed by atoms with Crippen LogP contribution in [0.1, 0.15) is 38.5 Å². The highest BCUT2D eigenvalue weighted by Crippen LogP contribution is 2.27. The van der Waals surface area contributed by atoms with Crippen LogP contribution in [0.2, 0.25) is 5.02 Å². The molecule has 1 fully saturated rings. The number of carboxylic acids is 1. The Morgan fingerprint density at radius 1 is 1.32 bits per heavy atom. The third-order valence-corrected chi connectivity index (χ3v) is 4.49. The van der Waals surface area contributed by atoms with E-state index in [2.05, 4.69) is 10.6 Å². The molecule has 1 aliphatic rings. The first-order chi connectivity index (χ1) is 11.9. The molecule has 0 bridgehead atoms. The second kappa shape index (κ2) is 8.77. The van der Waals surface area contributed by atoms with Crippen molar-refractivity contribution in [2.75, 3.05) is 5.32 Å². The molecule has 1 aromatic rings.